The van der Waals surface area contributed by atoms with Gasteiger partial charge in [0.1, 0.15) is 0 Å². The highest BCUT2D eigenvalue weighted by Crippen LogP contribution is 1.84. The Bertz CT molecular complexity index is 90.9. The lowest BCUT2D eigenvalue weighted by Crippen LogP contribution is -2.19. The van der Waals surface area contributed by atoms with Gasteiger partial charge in [-0.15, -0.1) is 0 Å². The minimum atomic E-state index is 0.372. The molecule has 0 aliphatic rings. The van der Waals surface area contributed by atoms with E-state index in [-0.39, 0.29) is 0 Å². The second-order valence-electron chi connectivity index (χ2n) is 2.32. The van der Waals surface area contributed by atoms with Crippen LogP contribution in [0.25, 0.3) is 0 Å². The van der Waals surface area contributed by atoms with Crippen LogP contribution in [0.4, 0.5) is 0 Å². The van der Waals surface area contributed by atoms with Gasteiger partial charge in [-0.25, -0.2) is 0 Å². The maximum Gasteiger partial charge on any atom is 0.0591 e. The number of hydrogen-bond acceptors (Lipinski definition) is 3. The molecule has 0 aromatic heterocycles. The Kier molecular flexibility index (Phi) is 6.43. The Morgan fingerprint density at radius 1 is 1.70 bits per heavy atom. The van der Waals surface area contributed by atoms with E-state index in [0.717, 1.165) is 13.0 Å². The summed E-state index contributed by atoms with van der Waals surface area (Å²) in [5.74, 6) is 0. The molecule has 0 aliphatic carbocycles. The summed E-state index contributed by atoms with van der Waals surface area (Å²) in [6.45, 7) is 3.69. The number of hydrogen-bond donors (Lipinski definition) is 2. The van der Waals surface area contributed by atoms with Gasteiger partial charge in [0, 0.05) is 12.8 Å². The molecule has 0 heterocycles. The molecule has 3 N–H and O–H groups in total. The first kappa shape index (κ1) is 9.59. The fraction of sp³-hybridized carbons (Fsp3) is 0.857. The van der Waals surface area contributed by atoms with Crippen molar-refractivity contribution in [2.75, 3.05) is 20.1 Å². The maximum absolute atomic E-state index is 5.28. The first-order valence-electron chi connectivity index (χ1n) is 3.67. The zero-order valence-electron chi connectivity index (χ0n) is 6.80. The third kappa shape index (κ3) is 5.72. The molecule has 1 atom stereocenters. The number of rotatable bonds is 5. The van der Waals surface area contributed by atoms with Crippen LogP contribution in [0.1, 0.15) is 13.3 Å². The molecule has 0 rings (SSSR count). The summed E-state index contributed by atoms with van der Waals surface area (Å²) >= 11 is 0. The van der Waals surface area contributed by atoms with Crippen LogP contribution in [-0.4, -0.2) is 32.4 Å². The van der Waals surface area contributed by atoms with Gasteiger partial charge in [-0.1, -0.05) is 0 Å². The predicted molar refractivity (Wildman–Crippen MR) is 45.6 cm³/mol. The van der Waals surface area contributed by atoms with Crippen molar-refractivity contribution < 1.29 is 0 Å². The second-order valence-corrected chi connectivity index (χ2v) is 2.32. The fourth-order valence-corrected chi connectivity index (χ4v) is 0.677. The van der Waals surface area contributed by atoms with Crippen LogP contribution >= 0.6 is 0 Å². The highest BCUT2D eigenvalue weighted by Gasteiger charge is 1.91. The first-order valence-corrected chi connectivity index (χ1v) is 3.67. The van der Waals surface area contributed by atoms with Crippen molar-refractivity contribution in [3.8, 4) is 0 Å². The van der Waals surface area contributed by atoms with E-state index >= 15 is 0 Å². The molecule has 0 unspecified atom stereocenters. The van der Waals surface area contributed by atoms with Crippen molar-refractivity contribution in [2.45, 2.75) is 19.4 Å². The second kappa shape index (κ2) is 6.71. The van der Waals surface area contributed by atoms with E-state index in [9.17, 15) is 0 Å². The zero-order chi connectivity index (χ0) is 7.82. The number of nitrogens with zero attached hydrogens (tertiary/aromatic N) is 1. The molecule has 3 heteroatoms. The van der Waals surface area contributed by atoms with Crippen LogP contribution in [-0.2, 0) is 0 Å². The van der Waals surface area contributed by atoms with Crippen LogP contribution in [0.5, 0.6) is 0 Å². The van der Waals surface area contributed by atoms with E-state index in [2.05, 4.69) is 17.2 Å². The van der Waals surface area contributed by atoms with Gasteiger partial charge in [0.2, 0.25) is 0 Å². The van der Waals surface area contributed by atoms with Gasteiger partial charge in [-0.3, -0.25) is 4.99 Å². The van der Waals surface area contributed by atoms with Crippen LogP contribution < -0.4 is 11.1 Å². The van der Waals surface area contributed by atoms with E-state index in [1.807, 2.05) is 13.3 Å². The number of aliphatic imine (C=N–C) groups is 1. The topological polar surface area (TPSA) is 50.4 Å². The van der Waals surface area contributed by atoms with E-state index in [1.165, 1.54) is 0 Å². The molecule has 0 amide bonds. The van der Waals surface area contributed by atoms with Gasteiger partial charge in [0.15, 0.2) is 0 Å². The minimum Gasteiger partial charge on any atom is -0.330 e. The highest BCUT2D eigenvalue weighted by molar-refractivity contribution is 5.57. The lowest BCUT2D eigenvalue weighted by Gasteiger charge is -2.02. The Hall–Kier alpha value is -0.410. The normalized spacial score (nSPS) is 14.3. The molecule has 0 spiro atoms. The molecule has 0 bridgehead atoms. The van der Waals surface area contributed by atoms with Gasteiger partial charge in [-0.05, 0) is 26.9 Å². The summed E-state index contributed by atoms with van der Waals surface area (Å²) in [4.78, 5) is 4.24. The molecule has 0 fully saturated rings. The van der Waals surface area contributed by atoms with Gasteiger partial charge in [0.25, 0.3) is 0 Å². The van der Waals surface area contributed by atoms with E-state index in [1.54, 1.807) is 0 Å². The van der Waals surface area contributed by atoms with Crippen molar-refractivity contribution in [1.82, 2.24) is 5.32 Å². The van der Waals surface area contributed by atoms with Gasteiger partial charge < -0.3 is 11.1 Å². The molecule has 3 nitrogen and oxygen atoms in total. The highest BCUT2D eigenvalue weighted by atomic mass is 14.9. The van der Waals surface area contributed by atoms with Crippen molar-refractivity contribution in [3.63, 3.8) is 0 Å². The quantitative estimate of drug-likeness (QED) is 0.533. The molecule has 0 aromatic rings. The van der Waals surface area contributed by atoms with Crippen molar-refractivity contribution in [3.05, 3.63) is 0 Å². The molecule has 0 saturated heterocycles. The molecule has 0 saturated carbocycles. The molecular weight excluding hydrogens is 126 g/mol. The fourth-order valence-electron chi connectivity index (χ4n) is 0.677. The number of nitrogens with one attached hydrogen (secondary N) is 1. The van der Waals surface area contributed by atoms with E-state index in [4.69, 9.17) is 5.73 Å². The van der Waals surface area contributed by atoms with E-state index in [0.29, 0.717) is 12.6 Å². The smallest absolute Gasteiger partial charge is 0.0591 e. The largest absolute Gasteiger partial charge is 0.330 e. The first-order chi connectivity index (χ1) is 4.81. The van der Waals surface area contributed by atoms with Gasteiger partial charge in [0.05, 0.1) is 6.04 Å². The molecule has 0 radical (unpaired) electrons. The van der Waals surface area contributed by atoms with Crippen molar-refractivity contribution >= 4 is 6.21 Å². The average molecular weight is 143 g/mol. The maximum atomic E-state index is 5.28. The van der Waals surface area contributed by atoms with Crippen LogP contribution in [0.2, 0.25) is 0 Å². The van der Waals surface area contributed by atoms with E-state index < -0.39 is 0 Å². The predicted octanol–water partition coefficient (Wildman–Crippen LogP) is 0.0139. The molecule has 0 aromatic carbocycles. The Morgan fingerprint density at radius 3 is 2.90 bits per heavy atom. The van der Waals surface area contributed by atoms with Gasteiger partial charge >= 0.3 is 0 Å². The minimum absolute atomic E-state index is 0.372. The molecular formula is C7H17N3. The van der Waals surface area contributed by atoms with Crippen molar-refractivity contribution in [2.24, 2.45) is 10.7 Å². The SMILES string of the molecule is CNC[C@H](C)N=CCCN. The Labute approximate surface area is 62.7 Å². The summed E-state index contributed by atoms with van der Waals surface area (Å²) < 4.78 is 0. The summed E-state index contributed by atoms with van der Waals surface area (Å²) in [6, 6.07) is 0.372. The van der Waals surface area contributed by atoms with Crippen molar-refractivity contribution in [1.29, 1.82) is 0 Å². The van der Waals surface area contributed by atoms with Crippen LogP contribution in [0.15, 0.2) is 4.99 Å². The lowest BCUT2D eigenvalue weighted by atomic mass is 10.3. The molecule has 60 valence electrons. The number of likely N-dealkylation sites (N-methyl/N-ethyl adjacent to an activating group) is 1. The lowest BCUT2D eigenvalue weighted by molar-refractivity contribution is 0.668. The monoisotopic (exact) mass is 143 g/mol. The van der Waals surface area contributed by atoms with Crippen LogP contribution in [0.3, 0.4) is 0 Å². The number of nitrogens with two attached hydrogens (primary N) is 1. The summed E-state index contributed by atoms with van der Waals surface area (Å²) in [7, 11) is 1.93. The molecule has 0 aliphatic heterocycles. The standard InChI is InChI=1S/C7H17N3/c1-7(6-9-2)10-5-3-4-8/h5,7,9H,3-4,6,8H2,1-2H3/t7-/m0/s1. The summed E-state index contributed by atoms with van der Waals surface area (Å²) in [5.41, 5.74) is 5.28. The van der Waals surface area contributed by atoms with Gasteiger partial charge in [-0.2, -0.15) is 0 Å². The Balaban J connectivity index is 3.26. The zero-order valence-corrected chi connectivity index (χ0v) is 6.80. The average Bonchev–Trinajstić information content (AvgIpc) is 1.89. The van der Waals surface area contributed by atoms with Crippen LogP contribution in [0, 0.1) is 0 Å². The Morgan fingerprint density at radius 2 is 2.40 bits per heavy atom. The third-order valence-corrected chi connectivity index (χ3v) is 1.16. The third-order valence-electron chi connectivity index (χ3n) is 1.16. The summed E-state index contributed by atoms with van der Waals surface area (Å²) in [6.07, 6.45) is 2.77. The molecule has 10 heavy (non-hydrogen) atoms. The summed E-state index contributed by atoms with van der Waals surface area (Å²) in [5, 5.41) is 3.05.